The summed E-state index contributed by atoms with van der Waals surface area (Å²) in [5.41, 5.74) is 2.16. The maximum atomic E-state index is 14.9. The normalized spacial score (nSPS) is 14.8. The van der Waals surface area contributed by atoms with Crippen molar-refractivity contribution < 1.29 is 28.7 Å². The zero-order chi connectivity index (χ0) is 36.4. The summed E-state index contributed by atoms with van der Waals surface area (Å²) < 4.78 is 12.1. The minimum absolute atomic E-state index is 0.137. The summed E-state index contributed by atoms with van der Waals surface area (Å²) in [5, 5.41) is 5.22. The number of benzene rings is 4. The predicted octanol–water partition coefficient (Wildman–Crippen LogP) is 7.14. The number of rotatable bonds is 8. The van der Waals surface area contributed by atoms with E-state index in [1.54, 1.807) is 118 Å². The topological polar surface area (TPSA) is 114 Å². The molecule has 6 rings (SSSR count). The molecule has 0 spiro atoms. The highest BCUT2D eigenvalue weighted by Gasteiger charge is 2.43. The zero-order valence-electron chi connectivity index (χ0n) is 29.6. The van der Waals surface area contributed by atoms with Gasteiger partial charge < -0.3 is 19.3 Å². The molecule has 3 amide bonds. The Labute approximate surface area is 297 Å². The minimum atomic E-state index is -1.30. The highest BCUT2D eigenvalue weighted by atomic mass is 16.6. The Morgan fingerprint density at radius 3 is 2.10 bits per heavy atom. The zero-order valence-corrected chi connectivity index (χ0v) is 29.6. The Balaban J connectivity index is 1.46. The monoisotopic (exact) mass is 687 g/mol. The summed E-state index contributed by atoms with van der Waals surface area (Å²) in [6.07, 6.45) is -0.816. The molecule has 1 unspecified atom stereocenters. The van der Waals surface area contributed by atoms with Gasteiger partial charge in [0.05, 0.1) is 29.7 Å². The van der Waals surface area contributed by atoms with E-state index in [0.717, 1.165) is 0 Å². The Morgan fingerprint density at radius 2 is 1.45 bits per heavy atom. The number of aromatic nitrogens is 2. The lowest BCUT2D eigenvalue weighted by Crippen LogP contribution is -2.48. The summed E-state index contributed by atoms with van der Waals surface area (Å²) in [7, 11) is 1.57. The van der Waals surface area contributed by atoms with E-state index in [0.29, 0.717) is 45.1 Å². The average molecular weight is 688 g/mol. The number of amides is 3. The van der Waals surface area contributed by atoms with Gasteiger partial charge in [0.15, 0.2) is 0 Å². The van der Waals surface area contributed by atoms with Crippen LogP contribution >= 0.6 is 0 Å². The quantitative estimate of drug-likeness (QED) is 0.159. The molecular formula is C40H41N5O6. The van der Waals surface area contributed by atoms with Gasteiger partial charge in [-0.25, -0.2) is 4.79 Å². The van der Waals surface area contributed by atoms with Crippen LogP contribution in [-0.2, 0) is 25.5 Å². The molecule has 11 nitrogen and oxygen atoms in total. The Hall–Kier alpha value is -5.97. The van der Waals surface area contributed by atoms with Crippen LogP contribution in [0.3, 0.4) is 0 Å². The van der Waals surface area contributed by atoms with E-state index in [-0.39, 0.29) is 24.9 Å². The maximum absolute atomic E-state index is 14.9. The number of hydrogen-bond acceptors (Lipinski definition) is 7. The lowest BCUT2D eigenvalue weighted by molar-refractivity contribution is -0.132. The van der Waals surface area contributed by atoms with Crippen LogP contribution in [0, 0.1) is 5.92 Å². The molecule has 1 aliphatic rings. The minimum Gasteiger partial charge on any atom is -0.497 e. The Morgan fingerprint density at radius 1 is 0.824 bits per heavy atom. The van der Waals surface area contributed by atoms with Crippen LogP contribution in [0.4, 0.5) is 27.5 Å². The van der Waals surface area contributed by atoms with Gasteiger partial charge in [-0.15, -0.1) is 0 Å². The van der Waals surface area contributed by atoms with Gasteiger partial charge in [0.1, 0.15) is 23.8 Å². The van der Waals surface area contributed by atoms with Crippen LogP contribution in [0.25, 0.3) is 10.9 Å². The summed E-state index contributed by atoms with van der Waals surface area (Å²) in [5.74, 6) is -2.04. The van der Waals surface area contributed by atoms with Crippen LogP contribution in [0.1, 0.15) is 40.3 Å². The van der Waals surface area contributed by atoms with Gasteiger partial charge >= 0.3 is 6.09 Å². The molecule has 1 aliphatic heterocycles. The molecule has 1 aromatic heterocycles. The van der Waals surface area contributed by atoms with Crippen molar-refractivity contribution in [3.05, 3.63) is 109 Å². The van der Waals surface area contributed by atoms with E-state index in [4.69, 9.17) is 9.47 Å². The van der Waals surface area contributed by atoms with Crippen molar-refractivity contribution in [2.24, 2.45) is 5.92 Å². The number of carbonyl (C=O) groups is 4. The molecule has 0 saturated heterocycles. The molecular weight excluding hydrogens is 646 g/mol. The Kier molecular flexibility index (Phi) is 9.64. The fourth-order valence-corrected chi connectivity index (χ4v) is 6.35. The predicted molar refractivity (Wildman–Crippen MR) is 197 cm³/mol. The average Bonchev–Trinajstić information content (AvgIpc) is 3.45. The molecule has 0 radical (unpaired) electrons. The van der Waals surface area contributed by atoms with E-state index in [1.165, 1.54) is 14.5 Å². The second kappa shape index (κ2) is 14.1. The smallest absolute Gasteiger partial charge is 0.435 e. The third-order valence-corrected chi connectivity index (χ3v) is 8.57. The third-order valence-electron chi connectivity index (χ3n) is 8.57. The first-order chi connectivity index (χ1) is 24.4. The van der Waals surface area contributed by atoms with Crippen molar-refractivity contribution in [2.45, 2.75) is 52.7 Å². The summed E-state index contributed by atoms with van der Waals surface area (Å²) in [6.45, 7) is 8.76. The number of fused-ring (bicyclic) bond motifs is 2. The molecule has 1 atom stereocenters. The molecule has 0 saturated carbocycles. The van der Waals surface area contributed by atoms with E-state index >= 15 is 0 Å². The van der Waals surface area contributed by atoms with E-state index in [2.05, 4.69) is 5.10 Å². The highest BCUT2D eigenvalue weighted by Crippen LogP contribution is 2.40. The second-order valence-corrected chi connectivity index (χ2v) is 13.6. The van der Waals surface area contributed by atoms with E-state index in [9.17, 15) is 19.2 Å². The van der Waals surface area contributed by atoms with Crippen LogP contribution in [0.5, 0.6) is 5.75 Å². The van der Waals surface area contributed by atoms with Crippen LogP contribution in [-0.4, -0.2) is 58.9 Å². The molecule has 2 heterocycles. The first-order valence-corrected chi connectivity index (χ1v) is 16.8. The highest BCUT2D eigenvalue weighted by molar-refractivity contribution is 6.21. The lowest BCUT2D eigenvalue weighted by Gasteiger charge is -2.31. The number of methoxy groups -OCH3 is 1. The molecule has 5 aromatic rings. The van der Waals surface area contributed by atoms with Gasteiger partial charge in [0.25, 0.3) is 0 Å². The summed E-state index contributed by atoms with van der Waals surface area (Å²) in [6, 6.07) is 30.2. The molecule has 51 heavy (non-hydrogen) atoms. The van der Waals surface area contributed by atoms with Crippen LogP contribution in [0.2, 0.25) is 0 Å². The third kappa shape index (κ3) is 7.05. The number of ether oxygens (including phenoxy) is 2. The number of carbonyl (C=O) groups excluding carboxylic acids is 4. The maximum Gasteiger partial charge on any atom is 0.435 e. The van der Waals surface area contributed by atoms with Crippen molar-refractivity contribution in [1.82, 2.24) is 9.78 Å². The molecule has 11 heteroatoms. The number of para-hydroxylation sites is 4. The molecule has 0 N–H and O–H groups in total. The molecule has 0 aliphatic carbocycles. The summed E-state index contributed by atoms with van der Waals surface area (Å²) >= 11 is 0. The first kappa shape index (κ1) is 34.9. The molecule has 262 valence electrons. The number of nitrogens with zero attached hydrogens (tertiary/aromatic N) is 5. The largest absolute Gasteiger partial charge is 0.497 e. The van der Waals surface area contributed by atoms with Crippen molar-refractivity contribution in [1.29, 1.82) is 0 Å². The van der Waals surface area contributed by atoms with Gasteiger partial charge in [0, 0.05) is 29.2 Å². The van der Waals surface area contributed by atoms with Crippen LogP contribution < -0.4 is 19.4 Å². The van der Waals surface area contributed by atoms with Gasteiger partial charge in [-0.05, 0) is 89.2 Å². The fourth-order valence-electron chi connectivity index (χ4n) is 6.35. The van der Waals surface area contributed by atoms with Crippen molar-refractivity contribution in [2.75, 3.05) is 28.4 Å². The van der Waals surface area contributed by atoms with Crippen molar-refractivity contribution in [3.8, 4) is 5.75 Å². The standard InChI is InChI=1S/C40H41N5O6/c1-26(2)43(28-20-22-29(50-6)23-21-28)36(46)25-42-34-18-12-13-19-35(34)44(27-14-8-7-9-15-27)38(48)31(37(42)47)24-32-30-16-10-11-17-33(30)45(41-32)39(49)51-40(3,4)5/h7-23,26,31H,24-25H2,1-6H3. The molecule has 0 bridgehead atoms. The lowest BCUT2D eigenvalue weighted by atomic mass is 9.98. The van der Waals surface area contributed by atoms with E-state index in [1.807, 2.05) is 32.0 Å². The molecule has 0 fully saturated rings. The first-order valence-electron chi connectivity index (χ1n) is 16.8. The van der Waals surface area contributed by atoms with Gasteiger partial charge in [0.2, 0.25) is 17.7 Å². The Bertz CT molecular complexity index is 2080. The van der Waals surface area contributed by atoms with Crippen molar-refractivity contribution in [3.63, 3.8) is 0 Å². The second-order valence-electron chi connectivity index (χ2n) is 13.6. The van der Waals surface area contributed by atoms with Gasteiger partial charge in [-0.2, -0.15) is 9.78 Å². The molecule has 4 aromatic carbocycles. The SMILES string of the molecule is COc1ccc(N(C(=O)CN2C(=O)C(Cc3nn(C(=O)OC(C)(C)C)c4ccccc34)C(=O)N(c3ccccc3)c3ccccc32)C(C)C)cc1. The van der Waals surface area contributed by atoms with Gasteiger partial charge in [-0.1, -0.05) is 48.5 Å². The fraction of sp³-hybridized carbons (Fsp3) is 0.275. The van der Waals surface area contributed by atoms with Crippen molar-refractivity contribution >= 4 is 57.5 Å². The van der Waals surface area contributed by atoms with E-state index < -0.39 is 29.4 Å². The number of anilines is 4. The van der Waals surface area contributed by atoms with Crippen LogP contribution in [0.15, 0.2) is 103 Å². The number of hydrogen-bond donors (Lipinski definition) is 0. The summed E-state index contributed by atoms with van der Waals surface area (Å²) in [4.78, 5) is 61.8. The van der Waals surface area contributed by atoms with Gasteiger partial charge in [-0.3, -0.25) is 19.3 Å².